The second-order valence-electron chi connectivity index (χ2n) is 2.73. The number of anilines is 1. The van der Waals surface area contributed by atoms with Crippen molar-refractivity contribution in [2.45, 2.75) is 0 Å². The first kappa shape index (κ1) is 9.49. The molecule has 0 aliphatic rings. The van der Waals surface area contributed by atoms with Crippen LogP contribution in [0.4, 0.5) is 5.69 Å². The molecule has 1 aromatic rings. The van der Waals surface area contributed by atoms with Crippen LogP contribution in [-0.2, 0) is 4.79 Å². The standard InChI is InChI=1S/C10H12N2O/c1-12(8-7-11-9-13)10-5-3-2-4-6-10/h2-6H,7-8H2,1H3. The van der Waals surface area contributed by atoms with Gasteiger partial charge >= 0.3 is 0 Å². The Morgan fingerprint density at radius 2 is 2.08 bits per heavy atom. The fourth-order valence-electron chi connectivity index (χ4n) is 1.06. The molecule has 1 rings (SSSR count). The van der Waals surface area contributed by atoms with Gasteiger partial charge in [0.2, 0.25) is 6.08 Å². The summed E-state index contributed by atoms with van der Waals surface area (Å²) in [7, 11) is 1.97. The van der Waals surface area contributed by atoms with Crippen LogP contribution in [0.3, 0.4) is 0 Å². The molecule has 0 spiro atoms. The number of rotatable bonds is 4. The van der Waals surface area contributed by atoms with E-state index in [0.29, 0.717) is 6.54 Å². The molecule has 0 saturated heterocycles. The van der Waals surface area contributed by atoms with Gasteiger partial charge in [0.15, 0.2) is 0 Å². The number of benzene rings is 1. The van der Waals surface area contributed by atoms with Crippen molar-refractivity contribution in [3.8, 4) is 0 Å². The van der Waals surface area contributed by atoms with Crippen molar-refractivity contribution in [3.05, 3.63) is 30.3 Å². The minimum Gasteiger partial charge on any atom is -0.373 e. The highest BCUT2D eigenvalue weighted by Crippen LogP contribution is 2.09. The van der Waals surface area contributed by atoms with Crippen LogP contribution in [0.2, 0.25) is 0 Å². The molecule has 0 amide bonds. The van der Waals surface area contributed by atoms with Gasteiger partial charge in [-0.25, -0.2) is 9.79 Å². The third kappa shape index (κ3) is 3.09. The van der Waals surface area contributed by atoms with Gasteiger partial charge in [-0.1, -0.05) is 18.2 Å². The summed E-state index contributed by atoms with van der Waals surface area (Å²) in [6.07, 6.45) is 1.52. The lowest BCUT2D eigenvalue weighted by Crippen LogP contribution is -2.20. The van der Waals surface area contributed by atoms with Crippen molar-refractivity contribution >= 4 is 11.8 Å². The maximum absolute atomic E-state index is 9.81. The van der Waals surface area contributed by atoms with E-state index < -0.39 is 0 Å². The highest BCUT2D eigenvalue weighted by molar-refractivity contribution is 5.45. The van der Waals surface area contributed by atoms with Crippen LogP contribution in [0.15, 0.2) is 35.3 Å². The minimum absolute atomic E-state index is 0.495. The van der Waals surface area contributed by atoms with Crippen LogP contribution in [0.1, 0.15) is 0 Å². The average Bonchev–Trinajstić information content (AvgIpc) is 2.19. The van der Waals surface area contributed by atoms with E-state index in [-0.39, 0.29) is 0 Å². The quantitative estimate of drug-likeness (QED) is 0.514. The van der Waals surface area contributed by atoms with Crippen molar-refractivity contribution in [1.82, 2.24) is 0 Å². The monoisotopic (exact) mass is 176 g/mol. The molecular formula is C10H12N2O. The Morgan fingerprint density at radius 1 is 1.38 bits per heavy atom. The lowest BCUT2D eigenvalue weighted by Gasteiger charge is -2.17. The van der Waals surface area contributed by atoms with Crippen LogP contribution >= 0.6 is 0 Å². The van der Waals surface area contributed by atoms with Crippen molar-refractivity contribution in [1.29, 1.82) is 0 Å². The molecule has 0 aliphatic carbocycles. The van der Waals surface area contributed by atoms with Gasteiger partial charge in [0.05, 0.1) is 6.54 Å². The van der Waals surface area contributed by atoms with E-state index in [2.05, 4.69) is 4.99 Å². The third-order valence-corrected chi connectivity index (χ3v) is 1.81. The predicted molar refractivity (Wildman–Crippen MR) is 52.7 cm³/mol. The molecular weight excluding hydrogens is 164 g/mol. The van der Waals surface area contributed by atoms with E-state index in [1.165, 1.54) is 6.08 Å². The molecule has 0 heterocycles. The minimum atomic E-state index is 0.495. The summed E-state index contributed by atoms with van der Waals surface area (Å²) < 4.78 is 0. The molecule has 0 bridgehead atoms. The summed E-state index contributed by atoms with van der Waals surface area (Å²) in [5, 5.41) is 0. The first-order valence-electron chi connectivity index (χ1n) is 4.14. The summed E-state index contributed by atoms with van der Waals surface area (Å²) >= 11 is 0. The summed E-state index contributed by atoms with van der Waals surface area (Å²) in [5.41, 5.74) is 1.13. The number of hydrogen-bond donors (Lipinski definition) is 0. The predicted octanol–water partition coefficient (Wildman–Crippen LogP) is 1.46. The summed E-state index contributed by atoms with van der Waals surface area (Å²) in [6.45, 7) is 1.23. The van der Waals surface area contributed by atoms with Crippen LogP contribution in [-0.4, -0.2) is 26.2 Å². The molecule has 3 heteroatoms. The number of aliphatic imine (C=N–C) groups is 1. The van der Waals surface area contributed by atoms with Crippen molar-refractivity contribution in [2.24, 2.45) is 4.99 Å². The molecule has 0 atom stereocenters. The first-order valence-corrected chi connectivity index (χ1v) is 4.14. The van der Waals surface area contributed by atoms with E-state index in [0.717, 1.165) is 12.2 Å². The zero-order chi connectivity index (χ0) is 9.52. The summed E-state index contributed by atoms with van der Waals surface area (Å²) in [4.78, 5) is 15.3. The van der Waals surface area contributed by atoms with Crippen LogP contribution in [0, 0.1) is 0 Å². The Kier molecular flexibility index (Phi) is 3.74. The molecule has 0 saturated carbocycles. The fraction of sp³-hybridized carbons (Fsp3) is 0.300. The van der Waals surface area contributed by atoms with Crippen molar-refractivity contribution in [3.63, 3.8) is 0 Å². The van der Waals surface area contributed by atoms with E-state index in [4.69, 9.17) is 0 Å². The van der Waals surface area contributed by atoms with Crippen LogP contribution in [0.5, 0.6) is 0 Å². The normalized spacial score (nSPS) is 9.00. The van der Waals surface area contributed by atoms with E-state index in [1.807, 2.05) is 42.3 Å². The second-order valence-corrected chi connectivity index (χ2v) is 2.73. The largest absolute Gasteiger partial charge is 0.373 e. The van der Waals surface area contributed by atoms with Gasteiger partial charge in [0.25, 0.3) is 0 Å². The number of hydrogen-bond acceptors (Lipinski definition) is 3. The Morgan fingerprint density at radius 3 is 2.69 bits per heavy atom. The molecule has 1 aromatic carbocycles. The van der Waals surface area contributed by atoms with Gasteiger partial charge in [0.1, 0.15) is 0 Å². The molecule has 0 aromatic heterocycles. The number of likely N-dealkylation sites (N-methyl/N-ethyl adjacent to an activating group) is 1. The van der Waals surface area contributed by atoms with Crippen molar-refractivity contribution in [2.75, 3.05) is 25.0 Å². The fourth-order valence-corrected chi connectivity index (χ4v) is 1.06. The highest BCUT2D eigenvalue weighted by Gasteiger charge is 1.96. The molecule has 13 heavy (non-hydrogen) atoms. The third-order valence-electron chi connectivity index (χ3n) is 1.81. The molecule has 0 aliphatic heterocycles. The SMILES string of the molecule is CN(CCN=C=O)c1ccccc1. The highest BCUT2D eigenvalue weighted by atomic mass is 16.1. The molecule has 0 unspecified atom stereocenters. The Labute approximate surface area is 77.7 Å². The lowest BCUT2D eigenvalue weighted by atomic mass is 10.3. The van der Waals surface area contributed by atoms with E-state index >= 15 is 0 Å². The average molecular weight is 176 g/mol. The van der Waals surface area contributed by atoms with Gasteiger partial charge in [-0.3, -0.25) is 0 Å². The van der Waals surface area contributed by atoms with Gasteiger partial charge in [-0.05, 0) is 12.1 Å². The summed E-state index contributed by atoms with van der Waals surface area (Å²) in [5.74, 6) is 0. The number of para-hydroxylation sites is 1. The molecule has 68 valence electrons. The van der Waals surface area contributed by atoms with E-state index in [9.17, 15) is 4.79 Å². The summed E-state index contributed by atoms with van der Waals surface area (Å²) in [6, 6.07) is 9.97. The molecule has 3 nitrogen and oxygen atoms in total. The van der Waals surface area contributed by atoms with Crippen molar-refractivity contribution < 1.29 is 4.79 Å². The van der Waals surface area contributed by atoms with Crippen LogP contribution < -0.4 is 4.90 Å². The Balaban J connectivity index is 2.48. The molecule has 0 fully saturated rings. The maximum atomic E-state index is 9.81. The number of carbonyl (C=O) groups excluding carboxylic acids is 1. The Hall–Kier alpha value is -1.60. The maximum Gasteiger partial charge on any atom is 0.235 e. The first-order chi connectivity index (χ1) is 6.34. The topological polar surface area (TPSA) is 32.7 Å². The number of nitrogens with zero attached hydrogens (tertiary/aromatic N) is 2. The Bertz CT molecular complexity index is 291. The van der Waals surface area contributed by atoms with E-state index in [1.54, 1.807) is 0 Å². The second kappa shape index (κ2) is 5.12. The zero-order valence-corrected chi connectivity index (χ0v) is 7.60. The smallest absolute Gasteiger partial charge is 0.235 e. The van der Waals surface area contributed by atoms with Crippen LogP contribution in [0.25, 0.3) is 0 Å². The molecule has 0 radical (unpaired) electrons. The lowest BCUT2D eigenvalue weighted by molar-refractivity contribution is 0.563. The van der Waals surface area contributed by atoms with Gasteiger partial charge in [-0.15, -0.1) is 0 Å². The molecule has 0 N–H and O–H groups in total. The van der Waals surface area contributed by atoms with Gasteiger partial charge in [0, 0.05) is 19.3 Å². The number of isocyanates is 1. The van der Waals surface area contributed by atoms with Gasteiger partial charge in [-0.2, -0.15) is 0 Å². The zero-order valence-electron chi connectivity index (χ0n) is 7.60. The van der Waals surface area contributed by atoms with Gasteiger partial charge < -0.3 is 4.90 Å².